The van der Waals surface area contributed by atoms with Gasteiger partial charge in [-0.1, -0.05) is 58.5 Å². The minimum Gasteiger partial charge on any atom is -0.478 e. The third-order valence-electron chi connectivity index (χ3n) is 7.67. The maximum absolute atomic E-state index is 9.55. The van der Waals surface area contributed by atoms with Crippen molar-refractivity contribution in [3.8, 4) is 0 Å². The van der Waals surface area contributed by atoms with Gasteiger partial charge in [0.25, 0.3) is 0 Å². The highest BCUT2D eigenvalue weighted by Gasteiger charge is 2.31. The second-order valence-corrected chi connectivity index (χ2v) is 14.6. The van der Waals surface area contributed by atoms with Crippen molar-refractivity contribution >= 4 is 129 Å². The molecule has 2 aromatic carbocycles. The molecular weight excluding hydrogens is 945 g/mol. The average Bonchev–Trinajstić information content (AvgIpc) is 3.60. The van der Waals surface area contributed by atoms with Gasteiger partial charge in [-0.2, -0.15) is 0 Å². The van der Waals surface area contributed by atoms with Crippen LogP contribution in [0, 0.1) is 0 Å². The summed E-state index contributed by atoms with van der Waals surface area (Å²) >= 11 is 36.3. The molecule has 0 saturated carbocycles. The van der Waals surface area contributed by atoms with Crippen LogP contribution < -0.4 is 0 Å². The highest BCUT2D eigenvalue weighted by atomic mass is 35.5. The molecule has 24 heteroatoms. The molecule has 0 radical (unpaired) electrons. The molecule has 0 aliphatic carbocycles. The van der Waals surface area contributed by atoms with Gasteiger partial charge < -0.3 is 50.2 Å². The molecule has 2 fully saturated rings. The molecule has 2 atom stereocenters. The molecular formula is C38H44Cl6N6O12. The summed E-state index contributed by atoms with van der Waals surface area (Å²) in [5.41, 5.74) is 1.23. The minimum atomic E-state index is -1.26. The van der Waals surface area contributed by atoms with Crippen molar-refractivity contribution < 1.29 is 59.4 Å². The second-order valence-electron chi connectivity index (χ2n) is 12.2. The van der Waals surface area contributed by atoms with Gasteiger partial charge in [0, 0.05) is 89.5 Å². The van der Waals surface area contributed by atoms with Crippen LogP contribution in [-0.4, -0.2) is 163 Å². The number of likely N-dealkylation sites (N-methyl/N-ethyl adjacent to an activating group) is 4. The number of nitrogens with zero attached hydrogens (tertiary/aromatic N) is 6. The van der Waals surface area contributed by atoms with E-state index in [0.29, 0.717) is 91.8 Å². The summed E-state index contributed by atoms with van der Waals surface area (Å²) in [5, 5.41) is 49.1. The molecule has 0 bridgehead atoms. The molecule has 2 aliphatic rings. The van der Waals surface area contributed by atoms with Gasteiger partial charge in [0.2, 0.25) is 11.9 Å². The zero-order valence-corrected chi connectivity index (χ0v) is 37.9. The fourth-order valence-corrected chi connectivity index (χ4v) is 6.34. The number of halogens is 6. The largest absolute Gasteiger partial charge is 0.478 e. The van der Waals surface area contributed by atoms with Crippen molar-refractivity contribution in [2.75, 3.05) is 53.0 Å². The standard InChI is InChI=1S/2C13H16Cl3N3.3C4H4O4/c2*1-18-8-9(6-7-14)19(2)13(18)17-12-10(15)4-3-5-11(12)16;3*5-3(6)1-2-4(7)8/h2*3-5,9H,6-8H2,1-2H3;3*1-2H,(H,5,6)(H,7,8)/b;;3*2-1+. The van der Waals surface area contributed by atoms with E-state index in [2.05, 4.69) is 29.6 Å². The van der Waals surface area contributed by atoms with E-state index in [4.69, 9.17) is 100 Å². The number of alkyl halides is 2. The Bertz CT molecular complexity index is 1760. The van der Waals surface area contributed by atoms with Gasteiger partial charge in [-0.3, -0.25) is 0 Å². The summed E-state index contributed by atoms with van der Waals surface area (Å²) in [4.78, 5) is 75.0. The Hall–Kier alpha value is -5.24. The number of aliphatic imine (C=N–C) groups is 2. The molecule has 6 N–H and O–H groups in total. The van der Waals surface area contributed by atoms with E-state index in [1.54, 1.807) is 24.3 Å². The summed E-state index contributed by atoms with van der Waals surface area (Å²) < 4.78 is 0. The van der Waals surface area contributed by atoms with Crippen LogP contribution in [0.5, 0.6) is 0 Å². The lowest BCUT2D eigenvalue weighted by Gasteiger charge is -2.20. The van der Waals surface area contributed by atoms with Crippen LogP contribution in [0.3, 0.4) is 0 Å². The molecule has 18 nitrogen and oxygen atoms in total. The van der Waals surface area contributed by atoms with E-state index in [-0.39, 0.29) is 0 Å². The Kier molecular flexibility index (Phi) is 27.4. The first kappa shape index (κ1) is 56.8. The normalized spacial score (nSPS) is 16.9. The summed E-state index contributed by atoms with van der Waals surface area (Å²) in [6, 6.07) is 11.5. The lowest BCUT2D eigenvalue weighted by Crippen LogP contribution is -2.31. The average molecular weight is 990 g/mol. The molecule has 0 amide bonds. The van der Waals surface area contributed by atoms with Gasteiger partial charge in [0.05, 0.1) is 32.2 Å². The Morgan fingerprint density at radius 1 is 0.516 bits per heavy atom. The van der Waals surface area contributed by atoms with Crippen LogP contribution in [0.15, 0.2) is 82.8 Å². The zero-order valence-electron chi connectivity index (χ0n) is 33.4. The number of aliphatic carboxylic acids is 6. The summed E-state index contributed by atoms with van der Waals surface area (Å²) in [7, 11) is 8.05. The van der Waals surface area contributed by atoms with Crippen LogP contribution in [0.4, 0.5) is 11.4 Å². The third kappa shape index (κ3) is 22.6. The van der Waals surface area contributed by atoms with E-state index in [0.717, 1.165) is 37.9 Å². The first-order valence-corrected chi connectivity index (χ1v) is 20.0. The Morgan fingerprint density at radius 3 is 0.935 bits per heavy atom. The van der Waals surface area contributed by atoms with Gasteiger partial charge in [-0.25, -0.2) is 38.8 Å². The number of hydrogen-bond acceptors (Lipinski definition) is 8. The fourth-order valence-electron chi connectivity index (χ4n) is 4.88. The molecule has 2 aliphatic heterocycles. The minimum absolute atomic E-state index is 0.377. The highest BCUT2D eigenvalue weighted by molar-refractivity contribution is 6.39. The van der Waals surface area contributed by atoms with Crippen LogP contribution >= 0.6 is 69.6 Å². The molecule has 0 aromatic heterocycles. The molecule has 2 heterocycles. The topological polar surface area (TPSA) is 261 Å². The number of benzene rings is 2. The lowest BCUT2D eigenvalue weighted by molar-refractivity contribution is -0.134. The smallest absolute Gasteiger partial charge is 0.328 e. The van der Waals surface area contributed by atoms with Crippen molar-refractivity contribution in [3.63, 3.8) is 0 Å². The van der Waals surface area contributed by atoms with Crippen molar-refractivity contribution in [2.45, 2.75) is 24.9 Å². The number of guanidine groups is 2. The van der Waals surface area contributed by atoms with Gasteiger partial charge in [-0.05, 0) is 37.1 Å². The first-order valence-electron chi connectivity index (χ1n) is 17.4. The summed E-state index contributed by atoms with van der Waals surface area (Å²) in [6.07, 6.45) is 5.20. The van der Waals surface area contributed by atoms with E-state index >= 15 is 0 Å². The van der Waals surface area contributed by atoms with Crippen LogP contribution in [0.1, 0.15) is 12.8 Å². The molecule has 2 saturated heterocycles. The quantitative estimate of drug-likeness (QED) is 0.0939. The van der Waals surface area contributed by atoms with Gasteiger partial charge in [0.15, 0.2) is 0 Å². The highest BCUT2D eigenvalue weighted by Crippen LogP contribution is 2.35. The van der Waals surface area contributed by atoms with Gasteiger partial charge in [0.1, 0.15) is 11.4 Å². The molecule has 4 rings (SSSR count). The monoisotopic (exact) mass is 986 g/mol. The number of para-hydroxylation sites is 2. The maximum atomic E-state index is 9.55. The number of carbonyl (C=O) groups is 6. The van der Waals surface area contributed by atoms with E-state index in [1.807, 2.05) is 40.3 Å². The second kappa shape index (κ2) is 29.9. The van der Waals surface area contributed by atoms with Crippen LogP contribution in [-0.2, 0) is 28.8 Å². The molecule has 0 spiro atoms. The van der Waals surface area contributed by atoms with Crippen molar-refractivity contribution in [3.05, 3.63) is 92.9 Å². The predicted octanol–water partition coefficient (Wildman–Crippen LogP) is 6.85. The molecule has 2 unspecified atom stereocenters. The Labute approximate surface area is 386 Å². The third-order valence-corrected chi connectivity index (χ3v) is 9.32. The number of carboxylic acids is 6. The first-order chi connectivity index (χ1) is 29.0. The lowest BCUT2D eigenvalue weighted by atomic mass is 10.2. The van der Waals surface area contributed by atoms with Crippen LogP contribution in [0.25, 0.3) is 0 Å². The van der Waals surface area contributed by atoms with E-state index in [9.17, 15) is 28.8 Å². The zero-order chi connectivity index (χ0) is 47.7. The number of hydrogen-bond donors (Lipinski definition) is 6. The SMILES string of the molecule is CN1CC(CCCl)N(C)C1=Nc1c(Cl)cccc1Cl.CN1CC(CCCl)N(C)C1=Nc1c(Cl)cccc1Cl.O=C(O)/C=C/C(=O)O.O=C(O)/C=C/C(=O)O.O=C(O)/C=C/C(=O)O. The van der Waals surface area contributed by atoms with E-state index in [1.165, 1.54) is 0 Å². The van der Waals surface area contributed by atoms with Crippen LogP contribution in [0.2, 0.25) is 20.1 Å². The summed E-state index contributed by atoms with van der Waals surface area (Å²) in [6.45, 7) is 1.81. The van der Waals surface area contributed by atoms with E-state index < -0.39 is 35.8 Å². The fraction of sp³-hybridized carbons (Fsp3) is 0.316. The Balaban J connectivity index is 0.000000805. The Morgan fingerprint density at radius 2 is 0.742 bits per heavy atom. The van der Waals surface area contributed by atoms with Crippen molar-refractivity contribution in [1.29, 1.82) is 0 Å². The molecule has 2 aromatic rings. The predicted molar refractivity (Wildman–Crippen MR) is 239 cm³/mol. The van der Waals surface area contributed by atoms with Crippen molar-refractivity contribution in [2.24, 2.45) is 9.98 Å². The summed E-state index contributed by atoms with van der Waals surface area (Å²) in [5.74, 6) is -4.53. The molecule has 62 heavy (non-hydrogen) atoms. The number of carboxylic acid groups (broad SMARTS) is 6. The van der Waals surface area contributed by atoms with Gasteiger partial charge in [-0.15, -0.1) is 23.2 Å². The molecule has 340 valence electrons. The number of rotatable bonds is 12. The van der Waals surface area contributed by atoms with Crippen molar-refractivity contribution in [1.82, 2.24) is 19.6 Å². The van der Waals surface area contributed by atoms with Gasteiger partial charge >= 0.3 is 35.8 Å². The maximum Gasteiger partial charge on any atom is 0.328 e.